The van der Waals surface area contributed by atoms with Crippen LogP contribution in [0.3, 0.4) is 0 Å². The fourth-order valence-corrected chi connectivity index (χ4v) is 4.62. The van der Waals surface area contributed by atoms with Crippen molar-refractivity contribution in [2.75, 3.05) is 13.1 Å². The number of fused-ring (bicyclic) bond motifs is 5. The molecule has 3 saturated carbocycles. The lowest BCUT2D eigenvalue weighted by Gasteiger charge is -2.15. The van der Waals surface area contributed by atoms with Crippen LogP contribution in [0.4, 0.5) is 0 Å². The zero-order chi connectivity index (χ0) is 9.12. The lowest BCUT2D eigenvalue weighted by Crippen LogP contribution is -2.35. The van der Waals surface area contributed by atoms with E-state index in [0.717, 1.165) is 35.8 Å². The van der Waals surface area contributed by atoms with Crippen LogP contribution >= 0.6 is 0 Å². The third-order valence-electron chi connectivity index (χ3n) is 5.22. The van der Waals surface area contributed by atoms with Gasteiger partial charge in [0.1, 0.15) is 0 Å². The van der Waals surface area contributed by atoms with E-state index in [2.05, 4.69) is 10.6 Å². The van der Waals surface area contributed by atoms with Gasteiger partial charge >= 0.3 is 0 Å². The van der Waals surface area contributed by atoms with Crippen LogP contribution in [0.15, 0.2) is 0 Å². The maximum atomic E-state index is 3.89. The van der Waals surface area contributed by atoms with Crippen LogP contribution in [0.1, 0.15) is 25.7 Å². The van der Waals surface area contributed by atoms with Gasteiger partial charge in [0.25, 0.3) is 0 Å². The Morgan fingerprint density at radius 1 is 1.00 bits per heavy atom. The summed E-state index contributed by atoms with van der Waals surface area (Å²) in [7, 11) is 0. The van der Waals surface area contributed by atoms with E-state index in [4.69, 9.17) is 0 Å². The summed E-state index contributed by atoms with van der Waals surface area (Å²) < 4.78 is 0. The molecule has 3 aliphatic carbocycles. The highest BCUT2D eigenvalue weighted by Crippen LogP contribution is 2.65. The first-order valence-corrected chi connectivity index (χ1v) is 6.40. The van der Waals surface area contributed by atoms with Gasteiger partial charge in [0.15, 0.2) is 0 Å². The molecule has 5 unspecified atom stereocenters. The van der Waals surface area contributed by atoms with Gasteiger partial charge in [-0.2, -0.15) is 0 Å². The third kappa shape index (κ3) is 0.989. The van der Waals surface area contributed by atoms with Crippen LogP contribution in [0.5, 0.6) is 0 Å². The lowest BCUT2D eigenvalue weighted by atomic mass is 10.0. The summed E-state index contributed by atoms with van der Waals surface area (Å²) in [6, 6.07) is 1.73. The summed E-state index contributed by atoms with van der Waals surface area (Å²) in [4.78, 5) is 0. The van der Waals surface area contributed by atoms with Crippen LogP contribution in [-0.4, -0.2) is 25.2 Å². The third-order valence-corrected chi connectivity index (χ3v) is 5.22. The molecule has 5 atom stereocenters. The van der Waals surface area contributed by atoms with Crippen molar-refractivity contribution in [3.05, 3.63) is 0 Å². The predicted octanol–water partition coefficient (Wildman–Crippen LogP) is 0.982. The largest absolute Gasteiger partial charge is 0.315 e. The number of hydrogen-bond donors (Lipinski definition) is 2. The molecule has 0 aromatic heterocycles. The zero-order valence-electron chi connectivity index (χ0n) is 8.71. The molecule has 2 N–H and O–H groups in total. The second-order valence-corrected chi connectivity index (χ2v) is 5.87. The zero-order valence-corrected chi connectivity index (χ0v) is 8.71. The summed E-state index contributed by atoms with van der Waals surface area (Å²) in [5.41, 5.74) is 0. The van der Waals surface area contributed by atoms with Gasteiger partial charge in [-0.15, -0.1) is 0 Å². The molecule has 4 aliphatic rings. The molecule has 0 radical (unpaired) electrons. The average molecular weight is 192 g/mol. The maximum Gasteiger partial charge on any atom is 0.0207 e. The second-order valence-electron chi connectivity index (χ2n) is 5.87. The Morgan fingerprint density at radius 2 is 1.79 bits per heavy atom. The Balaban J connectivity index is 1.41. The molecule has 4 rings (SSSR count). The number of rotatable bonds is 2. The van der Waals surface area contributed by atoms with E-state index in [0.29, 0.717) is 0 Å². The van der Waals surface area contributed by atoms with Crippen molar-refractivity contribution in [2.24, 2.45) is 23.7 Å². The molecule has 1 heterocycles. The van der Waals surface area contributed by atoms with Crippen molar-refractivity contribution in [3.8, 4) is 0 Å². The van der Waals surface area contributed by atoms with Crippen molar-refractivity contribution >= 4 is 0 Å². The van der Waals surface area contributed by atoms with Gasteiger partial charge in [-0.3, -0.25) is 0 Å². The molecule has 4 fully saturated rings. The molecular formula is C12H20N2. The lowest BCUT2D eigenvalue weighted by molar-refractivity contribution is 0.427. The summed E-state index contributed by atoms with van der Waals surface area (Å²) in [6.45, 7) is 2.44. The Labute approximate surface area is 85.8 Å². The minimum Gasteiger partial charge on any atom is -0.315 e. The number of hydrogen-bond acceptors (Lipinski definition) is 2. The van der Waals surface area contributed by atoms with E-state index in [-0.39, 0.29) is 0 Å². The molecular weight excluding hydrogens is 172 g/mol. The van der Waals surface area contributed by atoms with Crippen LogP contribution < -0.4 is 10.6 Å². The Hall–Kier alpha value is -0.0800. The topological polar surface area (TPSA) is 24.1 Å². The van der Waals surface area contributed by atoms with Crippen molar-refractivity contribution in [1.29, 1.82) is 0 Å². The van der Waals surface area contributed by atoms with Crippen LogP contribution in [0, 0.1) is 23.7 Å². The summed E-state index contributed by atoms with van der Waals surface area (Å²) in [6.07, 6.45) is 6.03. The van der Waals surface area contributed by atoms with Crippen molar-refractivity contribution in [2.45, 2.75) is 37.8 Å². The first-order chi connectivity index (χ1) is 6.93. The highest BCUT2D eigenvalue weighted by Gasteiger charge is 2.64. The Kier molecular flexibility index (Phi) is 1.58. The van der Waals surface area contributed by atoms with E-state index in [1.165, 1.54) is 19.5 Å². The molecule has 2 heteroatoms. The average Bonchev–Trinajstić information content (AvgIpc) is 2.68. The summed E-state index contributed by atoms with van der Waals surface area (Å²) >= 11 is 0. The molecule has 2 bridgehead atoms. The van der Waals surface area contributed by atoms with Gasteiger partial charge in [-0.25, -0.2) is 0 Å². The van der Waals surface area contributed by atoms with E-state index in [9.17, 15) is 0 Å². The van der Waals surface area contributed by atoms with E-state index >= 15 is 0 Å². The molecule has 2 nitrogen and oxygen atoms in total. The maximum absolute atomic E-state index is 3.89. The predicted molar refractivity (Wildman–Crippen MR) is 56.0 cm³/mol. The second kappa shape index (κ2) is 2.73. The molecule has 78 valence electrons. The quantitative estimate of drug-likeness (QED) is 0.681. The Bertz CT molecular complexity index is 231. The standard InChI is InChI=1S/C12H20N2/c1-2-8-5-7(1)10-11(8)12(10)14-9-3-4-13-6-9/h7-14H,1-6H2. The number of nitrogens with one attached hydrogen (secondary N) is 2. The highest BCUT2D eigenvalue weighted by atomic mass is 15.1. The minimum atomic E-state index is 0.796. The molecule has 1 aliphatic heterocycles. The molecule has 1 saturated heterocycles. The summed E-state index contributed by atoms with van der Waals surface area (Å²) in [5, 5.41) is 7.34. The first kappa shape index (κ1) is 8.12. The van der Waals surface area contributed by atoms with Crippen molar-refractivity contribution in [3.63, 3.8) is 0 Å². The molecule has 0 amide bonds. The van der Waals surface area contributed by atoms with Crippen molar-refractivity contribution in [1.82, 2.24) is 10.6 Å². The molecule has 0 aromatic carbocycles. The van der Waals surface area contributed by atoms with E-state index < -0.39 is 0 Å². The van der Waals surface area contributed by atoms with Gasteiger partial charge in [0.05, 0.1) is 0 Å². The minimum absolute atomic E-state index is 0.796. The fraction of sp³-hybridized carbons (Fsp3) is 1.00. The normalized spacial score (nSPS) is 59.1. The monoisotopic (exact) mass is 192 g/mol. The van der Waals surface area contributed by atoms with E-state index in [1.54, 1.807) is 19.3 Å². The fourth-order valence-electron chi connectivity index (χ4n) is 4.62. The van der Waals surface area contributed by atoms with Gasteiger partial charge in [0, 0.05) is 18.6 Å². The Morgan fingerprint density at radius 3 is 2.43 bits per heavy atom. The van der Waals surface area contributed by atoms with Crippen LogP contribution in [0.2, 0.25) is 0 Å². The SMILES string of the molecule is C1CC(NC2C3C4CCC(C4)C23)CN1. The molecule has 0 aromatic rings. The molecule has 14 heavy (non-hydrogen) atoms. The van der Waals surface area contributed by atoms with E-state index in [1.807, 2.05) is 0 Å². The van der Waals surface area contributed by atoms with Gasteiger partial charge in [-0.1, -0.05) is 0 Å². The van der Waals surface area contributed by atoms with Gasteiger partial charge in [0.2, 0.25) is 0 Å². The van der Waals surface area contributed by atoms with Gasteiger partial charge < -0.3 is 10.6 Å². The van der Waals surface area contributed by atoms with Crippen molar-refractivity contribution < 1.29 is 0 Å². The van der Waals surface area contributed by atoms with Crippen LogP contribution in [-0.2, 0) is 0 Å². The summed E-state index contributed by atoms with van der Waals surface area (Å²) in [5.74, 6) is 4.46. The highest BCUT2D eigenvalue weighted by molar-refractivity contribution is 5.17. The first-order valence-electron chi connectivity index (χ1n) is 6.40. The smallest absolute Gasteiger partial charge is 0.0207 e. The molecule has 0 spiro atoms. The van der Waals surface area contributed by atoms with Crippen LogP contribution in [0.25, 0.3) is 0 Å². The van der Waals surface area contributed by atoms with Gasteiger partial charge in [-0.05, 0) is 55.9 Å².